The molecular weight excluding hydrogens is 328 g/mol. The lowest BCUT2D eigenvalue weighted by Gasteiger charge is -2.56. The fourth-order valence-corrected chi connectivity index (χ4v) is 6.11. The van der Waals surface area contributed by atoms with Crippen LogP contribution < -0.4 is 4.90 Å². The quantitative estimate of drug-likeness (QED) is 0.790. The Bertz CT molecular complexity index is 861. The number of hydrogen-bond donors (Lipinski definition) is 1. The first kappa shape index (κ1) is 16.1. The lowest BCUT2D eigenvalue weighted by molar-refractivity contribution is 0.0515. The van der Waals surface area contributed by atoms with E-state index in [0.717, 1.165) is 37.2 Å². The molecule has 0 radical (unpaired) electrons. The fourth-order valence-electron chi connectivity index (χ4n) is 6.11. The van der Waals surface area contributed by atoms with E-state index in [2.05, 4.69) is 30.0 Å². The number of methoxy groups -OCH3 is 1. The highest BCUT2D eigenvalue weighted by Crippen LogP contribution is 2.66. The second kappa shape index (κ2) is 5.21. The number of carbonyl (C=O) groups is 1. The number of nitrogens with zero attached hydrogens (tertiary/aromatic N) is 2. The molecule has 2 saturated heterocycles. The maximum atomic E-state index is 12.9. The standard InChI is InChI=1S/C21H24N2O3/c1-3-14-12-22-9-8-20-10-15(13-24)16(14)11-21(20,22)23(19(25)26-2)18-7-5-4-6-17(18)20/h3-7,10,16,24H,8-9,11-13H2,1-2H3/b14-3-/t16-,20+,21+/m0/s1. The van der Waals surface area contributed by atoms with Crippen molar-refractivity contribution in [2.24, 2.45) is 5.92 Å². The molecule has 1 aromatic rings. The molecule has 2 fully saturated rings. The number of ether oxygens (including phenoxy) is 1. The van der Waals surface area contributed by atoms with Gasteiger partial charge in [0.15, 0.2) is 0 Å². The molecule has 1 N–H and O–H groups in total. The van der Waals surface area contributed by atoms with Gasteiger partial charge in [0.25, 0.3) is 0 Å². The van der Waals surface area contributed by atoms with Crippen molar-refractivity contribution in [1.29, 1.82) is 0 Å². The molecule has 26 heavy (non-hydrogen) atoms. The van der Waals surface area contributed by atoms with Crippen LogP contribution in [0.25, 0.3) is 0 Å². The van der Waals surface area contributed by atoms with Gasteiger partial charge < -0.3 is 9.84 Å². The van der Waals surface area contributed by atoms with E-state index in [-0.39, 0.29) is 24.0 Å². The van der Waals surface area contributed by atoms with Crippen molar-refractivity contribution in [2.45, 2.75) is 30.8 Å². The largest absolute Gasteiger partial charge is 0.452 e. The molecular formula is C21H24N2O3. The third-order valence-corrected chi connectivity index (χ3v) is 7.11. The minimum Gasteiger partial charge on any atom is -0.452 e. The van der Waals surface area contributed by atoms with E-state index < -0.39 is 5.66 Å². The van der Waals surface area contributed by atoms with Gasteiger partial charge >= 0.3 is 6.09 Å². The lowest BCUT2D eigenvalue weighted by atomic mass is 9.60. The van der Waals surface area contributed by atoms with Crippen molar-refractivity contribution in [2.75, 3.05) is 31.7 Å². The van der Waals surface area contributed by atoms with E-state index in [0.29, 0.717) is 0 Å². The number of carbonyl (C=O) groups excluding carboxylic acids is 1. The molecule has 4 aliphatic rings. The van der Waals surface area contributed by atoms with Crippen LogP contribution in [0.3, 0.4) is 0 Å². The van der Waals surface area contributed by atoms with Crippen molar-refractivity contribution in [3.8, 4) is 0 Å². The van der Waals surface area contributed by atoms with Gasteiger partial charge in [-0.25, -0.2) is 4.79 Å². The molecule has 136 valence electrons. The first-order chi connectivity index (χ1) is 12.6. The van der Waals surface area contributed by atoms with Crippen LogP contribution in [-0.4, -0.2) is 48.6 Å². The number of fused-ring (bicyclic) bond motifs is 2. The van der Waals surface area contributed by atoms with Gasteiger partial charge in [0.1, 0.15) is 5.66 Å². The Morgan fingerprint density at radius 1 is 1.42 bits per heavy atom. The molecule has 1 aliphatic carbocycles. The maximum absolute atomic E-state index is 12.9. The summed E-state index contributed by atoms with van der Waals surface area (Å²) in [7, 11) is 1.46. The van der Waals surface area contributed by atoms with Crippen molar-refractivity contribution in [3.05, 3.63) is 53.1 Å². The van der Waals surface area contributed by atoms with E-state index in [4.69, 9.17) is 4.74 Å². The van der Waals surface area contributed by atoms with Gasteiger partial charge in [0, 0.05) is 19.0 Å². The summed E-state index contributed by atoms with van der Waals surface area (Å²) in [4.78, 5) is 17.3. The van der Waals surface area contributed by atoms with Crippen LogP contribution in [0.4, 0.5) is 10.5 Å². The van der Waals surface area contributed by atoms with Gasteiger partial charge in [-0.15, -0.1) is 0 Å². The summed E-state index contributed by atoms with van der Waals surface area (Å²) < 4.78 is 5.23. The third kappa shape index (κ3) is 1.57. The zero-order valence-corrected chi connectivity index (χ0v) is 15.2. The average Bonchev–Trinajstić information content (AvgIpc) is 3.15. The summed E-state index contributed by atoms with van der Waals surface area (Å²) >= 11 is 0. The van der Waals surface area contributed by atoms with Crippen LogP contribution in [0.2, 0.25) is 0 Å². The van der Waals surface area contributed by atoms with Gasteiger partial charge in [-0.05, 0) is 37.0 Å². The van der Waals surface area contributed by atoms with Crippen LogP contribution in [-0.2, 0) is 10.2 Å². The number of allylic oxidation sites excluding steroid dienone is 1. The minimum absolute atomic E-state index is 0.0697. The molecule has 3 heterocycles. The maximum Gasteiger partial charge on any atom is 0.415 e. The number of anilines is 1. The van der Waals surface area contributed by atoms with Gasteiger partial charge in [0.05, 0.1) is 24.8 Å². The SMILES string of the molecule is C/C=C1/CN2CC[C@]34C=C(CO)[C@H]1C[C@]23N(C(=O)OC)c1ccccc14. The third-order valence-electron chi connectivity index (χ3n) is 7.11. The van der Waals surface area contributed by atoms with E-state index >= 15 is 0 Å². The molecule has 1 spiro atoms. The van der Waals surface area contributed by atoms with Crippen molar-refractivity contribution >= 4 is 11.8 Å². The zero-order valence-electron chi connectivity index (χ0n) is 15.2. The Balaban J connectivity index is 1.84. The van der Waals surface area contributed by atoms with Gasteiger partial charge in [-0.1, -0.05) is 35.9 Å². The molecule has 5 heteroatoms. The second-order valence-corrected chi connectivity index (χ2v) is 7.78. The predicted octanol–water partition coefficient (Wildman–Crippen LogP) is 2.81. The van der Waals surface area contributed by atoms with E-state index in [1.807, 2.05) is 23.1 Å². The van der Waals surface area contributed by atoms with Crippen LogP contribution in [0.1, 0.15) is 25.3 Å². The summed E-state index contributed by atoms with van der Waals surface area (Å²) in [6, 6.07) is 8.19. The summed E-state index contributed by atoms with van der Waals surface area (Å²) in [5.41, 5.74) is 3.86. The van der Waals surface area contributed by atoms with Gasteiger partial charge in [0.2, 0.25) is 0 Å². The molecule has 5 rings (SSSR count). The number of piperidine rings is 1. The highest BCUT2D eigenvalue weighted by atomic mass is 16.5. The first-order valence-electron chi connectivity index (χ1n) is 9.33. The summed E-state index contributed by atoms with van der Waals surface area (Å²) in [5, 5.41) is 10.1. The minimum atomic E-state index is -0.431. The van der Waals surface area contributed by atoms with Crippen molar-refractivity contribution in [1.82, 2.24) is 4.90 Å². The molecule has 0 saturated carbocycles. The Morgan fingerprint density at radius 2 is 2.23 bits per heavy atom. The first-order valence-corrected chi connectivity index (χ1v) is 9.33. The van der Waals surface area contributed by atoms with Crippen LogP contribution in [0.5, 0.6) is 0 Å². The van der Waals surface area contributed by atoms with Crippen molar-refractivity contribution in [3.63, 3.8) is 0 Å². The fraction of sp³-hybridized carbons (Fsp3) is 0.476. The normalized spacial score (nSPS) is 36.0. The number of para-hydroxylation sites is 1. The number of aliphatic hydroxyl groups excluding tert-OH is 1. The predicted molar refractivity (Wildman–Crippen MR) is 99.0 cm³/mol. The average molecular weight is 352 g/mol. The Kier molecular flexibility index (Phi) is 3.22. The molecule has 0 aromatic heterocycles. The second-order valence-electron chi connectivity index (χ2n) is 7.78. The zero-order chi connectivity index (χ0) is 18.1. The summed E-state index contributed by atoms with van der Waals surface area (Å²) in [6.07, 6.45) is 5.92. The molecule has 0 unspecified atom stereocenters. The number of benzene rings is 1. The highest BCUT2D eigenvalue weighted by Gasteiger charge is 2.72. The molecule has 5 nitrogen and oxygen atoms in total. The highest BCUT2D eigenvalue weighted by molar-refractivity contribution is 5.95. The Labute approximate surface area is 153 Å². The molecule has 1 amide bonds. The van der Waals surface area contributed by atoms with Gasteiger partial charge in [-0.2, -0.15) is 0 Å². The topological polar surface area (TPSA) is 53.0 Å². The van der Waals surface area contributed by atoms with Crippen LogP contribution >= 0.6 is 0 Å². The van der Waals surface area contributed by atoms with Gasteiger partial charge in [-0.3, -0.25) is 9.80 Å². The molecule has 2 bridgehead atoms. The Morgan fingerprint density at radius 3 is 2.96 bits per heavy atom. The monoisotopic (exact) mass is 352 g/mol. The summed E-state index contributed by atoms with van der Waals surface area (Å²) in [6.45, 7) is 3.91. The van der Waals surface area contributed by atoms with E-state index in [9.17, 15) is 9.90 Å². The number of hydrogen-bond acceptors (Lipinski definition) is 4. The number of rotatable bonds is 1. The molecule has 3 aliphatic heterocycles. The Hall–Kier alpha value is -2.11. The molecule has 1 aromatic carbocycles. The number of aliphatic hydroxyl groups is 1. The van der Waals surface area contributed by atoms with E-state index in [1.54, 1.807) is 0 Å². The number of amides is 1. The summed E-state index contributed by atoms with van der Waals surface area (Å²) in [5.74, 6) is 0.189. The van der Waals surface area contributed by atoms with E-state index in [1.165, 1.54) is 18.2 Å². The van der Waals surface area contributed by atoms with Crippen molar-refractivity contribution < 1.29 is 14.6 Å². The van der Waals surface area contributed by atoms with Crippen LogP contribution in [0, 0.1) is 5.92 Å². The smallest absolute Gasteiger partial charge is 0.415 e. The lowest BCUT2D eigenvalue weighted by Crippen LogP contribution is -2.69. The van der Waals surface area contributed by atoms with Crippen LogP contribution in [0.15, 0.2) is 47.6 Å². The molecule has 3 atom stereocenters.